The number of halogens is 1. The number of rotatable bonds is 3. The first-order valence-electron chi connectivity index (χ1n) is 7.37. The van der Waals surface area contributed by atoms with Crippen LogP contribution in [0.5, 0.6) is 0 Å². The van der Waals surface area contributed by atoms with E-state index in [4.69, 9.17) is 16.6 Å². The Hall–Kier alpha value is -0.900. The van der Waals surface area contributed by atoms with Gasteiger partial charge in [0.25, 0.3) is 0 Å². The second kappa shape index (κ2) is 5.71. The Morgan fingerprint density at radius 1 is 1.33 bits per heavy atom. The fourth-order valence-corrected chi connectivity index (χ4v) is 4.42. The number of nitrogens with zero attached hydrogens (tertiary/aromatic N) is 1. The molecule has 1 unspecified atom stereocenters. The highest BCUT2D eigenvalue weighted by molar-refractivity contribution is 7.11. The third-order valence-corrected chi connectivity index (χ3v) is 5.57. The molecule has 1 heterocycles. The Bertz CT molecular complexity index is 631. The van der Waals surface area contributed by atoms with Crippen molar-refractivity contribution in [2.45, 2.75) is 39.2 Å². The molecule has 0 radical (unpaired) electrons. The fraction of sp³-hybridized carbons (Fsp3) is 0.471. The van der Waals surface area contributed by atoms with E-state index in [9.17, 15) is 0 Å². The van der Waals surface area contributed by atoms with Gasteiger partial charge in [0, 0.05) is 22.4 Å². The van der Waals surface area contributed by atoms with Gasteiger partial charge in [-0.1, -0.05) is 37.6 Å². The Balaban J connectivity index is 1.86. The topological polar surface area (TPSA) is 24.9 Å². The fourth-order valence-electron chi connectivity index (χ4n) is 3.07. The Morgan fingerprint density at radius 3 is 2.71 bits per heavy atom. The summed E-state index contributed by atoms with van der Waals surface area (Å²) in [7, 11) is 2.05. The molecule has 1 aromatic carbocycles. The smallest absolute Gasteiger partial charge is 0.0975 e. The number of hydrogen-bond donors (Lipinski definition) is 1. The van der Waals surface area contributed by atoms with Crippen molar-refractivity contribution in [3.05, 3.63) is 50.4 Å². The summed E-state index contributed by atoms with van der Waals surface area (Å²) in [4.78, 5) is 6.34. The zero-order valence-electron chi connectivity index (χ0n) is 12.7. The van der Waals surface area contributed by atoms with E-state index in [-0.39, 0.29) is 0 Å². The maximum Gasteiger partial charge on any atom is 0.0975 e. The molecule has 112 valence electrons. The van der Waals surface area contributed by atoms with Gasteiger partial charge >= 0.3 is 0 Å². The summed E-state index contributed by atoms with van der Waals surface area (Å²) >= 11 is 7.81. The van der Waals surface area contributed by atoms with Gasteiger partial charge in [-0.3, -0.25) is 0 Å². The van der Waals surface area contributed by atoms with Gasteiger partial charge in [0.2, 0.25) is 0 Å². The van der Waals surface area contributed by atoms with Gasteiger partial charge in [0.1, 0.15) is 0 Å². The van der Waals surface area contributed by atoms with Crippen LogP contribution < -0.4 is 5.32 Å². The molecule has 0 bridgehead atoms. The van der Waals surface area contributed by atoms with Gasteiger partial charge < -0.3 is 5.32 Å². The van der Waals surface area contributed by atoms with Gasteiger partial charge in [-0.25, -0.2) is 4.98 Å². The van der Waals surface area contributed by atoms with E-state index in [2.05, 4.69) is 38.3 Å². The van der Waals surface area contributed by atoms with Crippen molar-refractivity contribution in [2.24, 2.45) is 5.41 Å². The number of nitrogens with one attached hydrogen (secondary N) is 1. The third-order valence-electron chi connectivity index (χ3n) is 4.11. The molecular weight excluding hydrogens is 300 g/mol. The largest absolute Gasteiger partial charge is 0.312 e. The number of aromatic nitrogens is 1. The predicted molar refractivity (Wildman–Crippen MR) is 90.3 cm³/mol. The number of hydrogen-bond acceptors (Lipinski definition) is 3. The molecule has 0 spiro atoms. The van der Waals surface area contributed by atoms with Gasteiger partial charge in [0.15, 0.2) is 0 Å². The second-order valence-electron chi connectivity index (χ2n) is 6.61. The van der Waals surface area contributed by atoms with Crippen molar-refractivity contribution < 1.29 is 0 Å². The lowest BCUT2D eigenvalue weighted by Crippen LogP contribution is -2.30. The summed E-state index contributed by atoms with van der Waals surface area (Å²) in [5, 5.41) is 5.45. The molecule has 1 aliphatic carbocycles. The molecule has 4 heteroatoms. The first-order chi connectivity index (χ1) is 9.97. The number of benzene rings is 1. The minimum Gasteiger partial charge on any atom is -0.312 e. The molecule has 21 heavy (non-hydrogen) atoms. The minimum absolute atomic E-state index is 0.326. The van der Waals surface area contributed by atoms with E-state index >= 15 is 0 Å². The van der Waals surface area contributed by atoms with E-state index < -0.39 is 0 Å². The van der Waals surface area contributed by atoms with Crippen LogP contribution in [-0.2, 0) is 12.8 Å². The highest BCUT2D eigenvalue weighted by Gasteiger charge is 2.34. The van der Waals surface area contributed by atoms with Crippen molar-refractivity contribution in [1.29, 1.82) is 0 Å². The summed E-state index contributed by atoms with van der Waals surface area (Å²) in [5.41, 5.74) is 2.89. The lowest BCUT2D eigenvalue weighted by molar-refractivity contribution is 0.265. The third kappa shape index (κ3) is 3.31. The molecule has 0 aliphatic heterocycles. The van der Waals surface area contributed by atoms with E-state index in [0.29, 0.717) is 11.5 Å². The van der Waals surface area contributed by atoms with Gasteiger partial charge in [0.05, 0.1) is 10.7 Å². The lowest BCUT2D eigenvalue weighted by Gasteiger charge is -2.34. The van der Waals surface area contributed by atoms with Crippen molar-refractivity contribution >= 4 is 22.9 Å². The van der Waals surface area contributed by atoms with Gasteiger partial charge in [-0.05, 0) is 43.0 Å². The van der Waals surface area contributed by atoms with Gasteiger partial charge in [-0.2, -0.15) is 0 Å². The normalized spacial score (nSPS) is 20.3. The van der Waals surface area contributed by atoms with Crippen LogP contribution in [0.4, 0.5) is 0 Å². The first kappa shape index (κ1) is 15.0. The summed E-state index contributed by atoms with van der Waals surface area (Å²) in [6.45, 7) is 4.66. The van der Waals surface area contributed by atoms with Crippen LogP contribution in [0.2, 0.25) is 5.02 Å². The van der Waals surface area contributed by atoms with Crippen molar-refractivity contribution in [1.82, 2.24) is 10.3 Å². The SMILES string of the molecule is CNC1CC(C)(C)Cc2nc(Cc3ccc(Cl)cc3)sc21. The summed E-state index contributed by atoms with van der Waals surface area (Å²) < 4.78 is 0. The maximum atomic E-state index is 5.95. The lowest BCUT2D eigenvalue weighted by atomic mass is 9.76. The number of thiazole rings is 1. The zero-order chi connectivity index (χ0) is 15.0. The molecule has 1 aliphatic rings. The van der Waals surface area contributed by atoms with Crippen LogP contribution in [0.3, 0.4) is 0 Å². The average molecular weight is 321 g/mol. The average Bonchev–Trinajstić information content (AvgIpc) is 2.81. The quantitative estimate of drug-likeness (QED) is 0.892. The van der Waals surface area contributed by atoms with Crippen LogP contribution in [0.1, 0.15) is 47.5 Å². The molecule has 2 aromatic rings. The Morgan fingerprint density at radius 2 is 2.05 bits per heavy atom. The highest BCUT2D eigenvalue weighted by Crippen LogP contribution is 2.43. The maximum absolute atomic E-state index is 5.95. The molecule has 1 aromatic heterocycles. The molecule has 1 atom stereocenters. The molecule has 1 N–H and O–H groups in total. The summed E-state index contributed by atoms with van der Waals surface area (Å²) in [5.74, 6) is 0. The standard InChI is InChI=1S/C17H21ClN2S/c1-17(2)9-13(19-3)16-14(10-17)20-15(21-16)8-11-4-6-12(18)7-5-11/h4-7,13,19H,8-10H2,1-3H3. The van der Waals surface area contributed by atoms with Crippen LogP contribution in [-0.4, -0.2) is 12.0 Å². The molecule has 0 saturated heterocycles. The first-order valence-corrected chi connectivity index (χ1v) is 8.56. The Labute approximate surface area is 135 Å². The number of fused-ring (bicyclic) bond motifs is 1. The van der Waals surface area contributed by atoms with Crippen molar-refractivity contribution in [3.8, 4) is 0 Å². The molecular formula is C17H21ClN2S. The summed E-state index contributed by atoms with van der Waals surface area (Å²) in [6.07, 6.45) is 3.16. The zero-order valence-corrected chi connectivity index (χ0v) is 14.3. The molecule has 0 fully saturated rings. The molecule has 0 amide bonds. The van der Waals surface area contributed by atoms with E-state index in [1.165, 1.54) is 27.6 Å². The van der Waals surface area contributed by atoms with E-state index in [1.807, 2.05) is 23.5 Å². The second-order valence-corrected chi connectivity index (χ2v) is 8.16. The van der Waals surface area contributed by atoms with E-state index in [0.717, 1.165) is 17.9 Å². The minimum atomic E-state index is 0.326. The van der Waals surface area contributed by atoms with Crippen molar-refractivity contribution in [2.75, 3.05) is 7.05 Å². The monoisotopic (exact) mass is 320 g/mol. The highest BCUT2D eigenvalue weighted by atomic mass is 35.5. The van der Waals surface area contributed by atoms with Crippen molar-refractivity contribution in [3.63, 3.8) is 0 Å². The molecule has 0 saturated carbocycles. The Kier molecular flexibility index (Phi) is 4.08. The molecule has 3 rings (SSSR count). The van der Waals surface area contributed by atoms with E-state index in [1.54, 1.807) is 0 Å². The van der Waals surface area contributed by atoms with Crippen LogP contribution in [0.25, 0.3) is 0 Å². The van der Waals surface area contributed by atoms with Crippen LogP contribution in [0, 0.1) is 5.41 Å². The van der Waals surface area contributed by atoms with Crippen LogP contribution in [0.15, 0.2) is 24.3 Å². The molecule has 2 nitrogen and oxygen atoms in total. The summed E-state index contributed by atoms with van der Waals surface area (Å²) in [6, 6.07) is 8.51. The van der Waals surface area contributed by atoms with Crippen LogP contribution >= 0.6 is 22.9 Å². The predicted octanol–water partition coefficient (Wildman–Crippen LogP) is 4.62. The van der Waals surface area contributed by atoms with Gasteiger partial charge in [-0.15, -0.1) is 11.3 Å².